The summed E-state index contributed by atoms with van der Waals surface area (Å²) in [5.74, 6) is 0.353. The van der Waals surface area contributed by atoms with Gasteiger partial charge < -0.3 is 15.2 Å². The zero-order valence-corrected chi connectivity index (χ0v) is 11.8. The predicted octanol–water partition coefficient (Wildman–Crippen LogP) is 2.14. The maximum Gasteiger partial charge on any atom is 0.265 e. The van der Waals surface area contributed by atoms with Crippen molar-refractivity contribution in [3.8, 4) is 5.75 Å². The molecule has 0 spiro atoms. The van der Waals surface area contributed by atoms with Crippen molar-refractivity contribution in [1.82, 2.24) is 5.32 Å². The van der Waals surface area contributed by atoms with Gasteiger partial charge in [-0.1, -0.05) is 24.3 Å². The van der Waals surface area contributed by atoms with E-state index < -0.39 is 6.10 Å². The average molecular weight is 289 g/mol. The number of thiophene rings is 1. The van der Waals surface area contributed by atoms with E-state index >= 15 is 0 Å². The summed E-state index contributed by atoms with van der Waals surface area (Å²) in [7, 11) is 1.54. The lowest BCUT2D eigenvalue weighted by molar-refractivity contribution is 0.0859. The molecule has 2 N–H and O–H groups in total. The first-order valence-electron chi connectivity index (χ1n) is 6.39. The second kappa shape index (κ2) is 5.26. The first-order chi connectivity index (χ1) is 9.70. The van der Waals surface area contributed by atoms with Crippen molar-refractivity contribution in [1.29, 1.82) is 0 Å². The van der Waals surface area contributed by atoms with Crippen molar-refractivity contribution in [2.75, 3.05) is 7.11 Å². The number of ether oxygens (including phenoxy) is 1. The van der Waals surface area contributed by atoms with Crippen molar-refractivity contribution < 1.29 is 14.6 Å². The van der Waals surface area contributed by atoms with Crippen molar-refractivity contribution in [2.45, 2.75) is 18.6 Å². The van der Waals surface area contributed by atoms with E-state index in [9.17, 15) is 9.90 Å². The largest absolute Gasteiger partial charge is 0.495 e. The third-order valence-electron chi connectivity index (χ3n) is 3.55. The molecule has 0 saturated carbocycles. The van der Waals surface area contributed by atoms with Crippen LogP contribution in [0.5, 0.6) is 5.75 Å². The van der Waals surface area contributed by atoms with Gasteiger partial charge in [0.05, 0.1) is 19.3 Å². The summed E-state index contributed by atoms with van der Waals surface area (Å²) in [5, 5.41) is 14.9. The number of hydrogen-bond donors (Lipinski definition) is 2. The predicted molar refractivity (Wildman–Crippen MR) is 77.2 cm³/mol. The van der Waals surface area contributed by atoms with E-state index in [1.165, 1.54) is 11.3 Å². The van der Waals surface area contributed by atoms with Crippen LogP contribution in [0.1, 0.15) is 26.8 Å². The van der Waals surface area contributed by atoms with E-state index in [4.69, 9.17) is 4.74 Å². The van der Waals surface area contributed by atoms with Crippen LogP contribution in [0.2, 0.25) is 0 Å². The summed E-state index contributed by atoms with van der Waals surface area (Å²) in [6.07, 6.45) is -0.00908. The summed E-state index contributed by atoms with van der Waals surface area (Å²) in [4.78, 5) is 12.8. The van der Waals surface area contributed by atoms with Gasteiger partial charge in [0.25, 0.3) is 5.91 Å². The SMILES string of the molecule is COc1ccsc1C(=O)N[C@@H]1c2ccccc2C[C@@H]1O. The number of aliphatic hydroxyl groups is 1. The number of carbonyl (C=O) groups excluding carboxylic acids is 1. The first-order valence-corrected chi connectivity index (χ1v) is 7.27. The molecule has 0 aliphatic heterocycles. The molecule has 0 unspecified atom stereocenters. The van der Waals surface area contributed by atoms with Crippen LogP contribution in [-0.4, -0.2) is 24.2 Å². The fraction of sp³-hybridized carbons (Fsp3) is 0.267. The summed E-state index contributed by atoms with van der Waals surface area (Å²) in [6.45, 7) is 0. The molecule has 104 valence electrons. The maximum absolute atomic E-state index is 12.3. The van der Waals surface area contributed by atoms with Gasteiger partial charge in [-0.3, -0.25) is 4.79 Å². The highest BCUT2D eigenvalue weighted by Crippen LogP contribution is 2.32. The van der Waals surface area contributed by atoms with Crippen molar-refractivity contribution in [2.24, 2.45) is 0 Å². The number of hydrogen-bond acceptors (Lipinski definition) is 4. The van der Waals surface area contributed by atoms with Gasteiger partial charge in [-0.25, -0.2) is 0 Å². The Bertz CT molecular complexity index is 638. The summed E-state index contributed by atoms with van der Waals surface area (Å²) in [5.41, 5.74) is 2.08. The van der Waals surface area contributed by atoms with Gasteiger partial charge >= 0.3 is 0 Å². The van der Waals surface area contributed by atoms with E-state index in [1.54, 1.807) is 13.2 Å². The molecule has 20 heavy (non-hydrogen) atoms. The summed E-state index contributed by atoms with van der Waals surface area (Å²) >= 11 is 1.33. The molecule has 1 heterocycles. The Kier molecular flexibility index (Phi) is 3.46. The van der Waals surface area contributed by atoms with E-state index in [0.29, 0.717) is 17.0 Å². The molecule has 1 amide bonds. The zero-order valence-electron chi connectivity index (χ0n) is 11.0. The summed E-state index contributed by atoms with van der Waals surface area (Å²) in [6, 6.07) is 9.20. The maximum atomic E-state index is 12.3. The van der Waals surface area contributed by atoms with Gasteiger partial charge in [-0.05, 0) is 22.6 Å². The van der Waals surface area contributed by atoms with Crippen LogP contribution >= 0.6 is 11.3 Å². The Morgan fingerprint density at radius 3 is 3.00 bits per heavy atom. The van der Waals surface area contributed by atoms with E-state index in [1.807, 2.05) is 29.6 Å². The Labute approximate surface area is 121 Å². The quantitative estimate of drug-likeness (QED) is 0.910. The third-order valence-corrected chi connectivity index (χ3v) is 4.44. The minimum atomic E-state index is -0.581. The van der Waals surface area contributed by atoms with Crippen LogP contribution in [-0.2, 0) is 6.42 Å². The number of amides is 1. The van der Waals surface area contributed by atoms with Gasteiger partial charge in [0, 0.05) is 6.42 Å². The number of nitrogens with one attached hydrogen (secondary N) is 1. The number of benzene rings is 1. The molecule has 0 bridgehead atoms. The molecule has 2 aromatic rings. The highest BCUT2D eigenvalue weighted by Gasteiger charge is 2.32. The van der Waals surface area contributed by atoms with Gasteiger partial charge in [0.15, 0.2) is 0 Å². The topological polar surface area (TPSA) is 58.6 Å². The fourth-order valence-electron chi connectivity index (χ4n) is 2.58. The van der Waals surface area contributed by atoms with Crippen LogP contribution in [0, 0.1) is 0 Å². The number of carbonyl (C=O) groups is 1. The Balaban J connectivity index is 1.83. The molecule has 0 saturated heterocycles. The van der Waals surface area contributed by atoms with E-state index in [-0.39, 0.29) is 11.9 Å². The molecule has 1 aliphatic carbocycles. The smallest absolute Gasteiger partial charge is 0.265 e. The second-order valence-corrected chi connectivity index (χ2v) is 5.66. The Morgan fingerprint density at radius 2 is 2.20 bits per heavy atom. The van der Waals surface area contributed by atoms with Crippen molar-refractivity contribution >= 4 is 17.2 Å². The van der Waals surface area contributed by atoms with Crippen LogP contribution in [0.4, 0.5) is 0 Å². The molecule has 1 aromatic heterocycles. The highest BCUT2D eigenvalue weighted by molar-refractivity contribution is 7.12. The van der Waals surface area contributed by atoms with Gasteiger partial charge in [0.2, 0.25) is 0 Å². The lowest BCUT2D eigenvalue weighted by Crippen LogP contribution is -2.33. The van der Waals surface area contributed by atoms with Gasteiger partial charge in [-0.15, -0.1) is 11.3 Å². The minimum absolute atomic E-state index is 0.211. The molecule has 4 nitrogen and oxygen atoms in total. The molecule has 5 heteroatoms. The van der Waals surface area contributed by atoms with Crippen LogP contribution in [0.3, 0.4) is 0 Å². The minimum Gasteiger partial charge on any atom is -0.495 e. The zero-order chi connectivity index (χ0) is 14.1. The molecule has 2 atom stereocenters. The van der Waals surface area contributed by atoms with Gasteiger partial charge in [-0.2, -0.15) is 0 Å². The summed E-state index contributed by atoms with van der Waals surface area (Å²) < 4.78 is 5.15. The first kappa shape index (κ1) is 13.1. The molecule has 1 aromatic carbocycles. The van der Waals surface area contributed by atoms with E-state index in [2.05, 4.69) is 5.32 Å². The standard InChI is InChI=1S/C15H15NO3S/c1-19-12-6-7-20-14(12)15(18)16-13-10-5-3-2-4-9(10)8-11(13)17/h2-7,11,13,17H,8H2,1H3,(H,16,18)/t11-,13+/m0/s1. The molecule has 0 fully saturated rings. The third kappa shape index (κ3) is 2.19. The lowest BCUT2D eigenvalue weighted by atomic mass is 10.1. The molecule has 0 radical (unpaired) electrons. The van der Waals surface area contributed by atoms with Gasteiger partial charge in [0.1, 0.15) is 10.6 Å². The fourth-order valence-corrected chi connectivity index (χ4v) is 3.34. The number of aliphatic hydroxyl groups excluding tert-OH is 1. The number of fused-ring (bicyclic) bond motifs is 1. The van der Waals surface area contributed by atoms with Crippen LogP contribution in [0.15, 0.2) is 35.7 Å². The molecule has 1 aliphatic rings. The Hall–Kier alpha value is -1.85. The normalized spacial score (nSPS) is 20.5. The molecule has 3 rings (SSSR count). The monoisotopic (exact) mass is 289 g/mol. The molecular formula is C15H15NO3S. The lowest BCUT2D eigenvalue weighted by Gasteiger charge is -2.17. The number of methoxy groups -OCH3 is 1. The van der Waals surface area contributed by atoms with Crippen molar-refractivity contribution in [3.05, 3.63) is 51.7 Å². The highest BCUT2D eigenvalue weighted by atomic mass is 32.1. The Morgan fingerprint density at radius 1 is 1.40 bits per heavy atom. The molecular weight excluding hydrogens is 274 g/mol. The van der Waals surface area contributed by atoms with Crippen molar-refractivity contribution in [3.63, 3.8) is 0 Å². The number of rotatable bonds is 3. The van der Waals surface area contributed by atoms with Crippen LogP contribution in [0.25, 0.3) is 0 Å². The van der Waals surface area contributed by atoms with E-state index in [0.717, 1.165) is 11.1 Å². The second-order valence-electron chi connectivity index (χ2n) is 4.74. The van der Waals surface area contributed by atoms with Crippen LogP contribution < -0.4 is 10.1 Å². The average Bonchev–Trinajstić information content (AvgIpc) is 3.04.